The van der Waals surface area contributed by atoms with Crippen LogP contribution in [0.5, 0.6) is 0 Å². The fraction of sp³-hybridized carbons (Fsp3) is 0.240. The van der Waals surface area contributed by atoms with Gasteiger partial charge in [0.15, 0.2) is 5.11 Å². The van der Waals surface area contributed by atoms with E-state index in [2.05, 4.69) is 5.32 Å². The van der Waals surface area contributed by atoms with Gasteiger partial charge in [-0.15, -0.1) is 0 Å². The van der Waals surface area contributed by atoms with Crippen molar-refractivity contribution in [1.82, 2.24) is 10.2 Å². The summed E-state index contributed by atoms with van der Waals surface area (Å²) in [6.07, 6.45) is 0. The van der Waals surface area contributed by atoms with E-state index in [1.54, 1.807) is 19.1 Å². The lowest BCUT2D eigenvalue weighted by molar-refractivity contribution is -0.384. The van der Waals surface area contributed by atoms with Crippen LogP contribution in [0.3, 0.4) is 0 Å². The van der Waals surface area contributed by atoms with E-state index in [9.17, 15) is 19.7 Å². The Morgan fingerprint density at radius 1 is 1.00 bits per heavy atom. The van der Waals surface area contributed by atoms with E-state index in [0.717, 1.165) is 10.8 Å². The molecule has 0 unspecified atom stereocenters. The molecule has 180 valence electrons. The van der Waals surface area contributed by atoms with Gasteiger partial charge < -0.3 is 14.5 Å². The van der Waals surface area contributed by atoms with Crippen molar-refractivity contribution in [3.63, 3.8) is 0 Å². The average molecular weight is 493 g/mol. The predicted molar refractivity (Wildman–Crippen MR) is 137 cm³/mol. The second kappa shape index (κ2) is 10.5. The Kier molecular flexibility index (Phi) is 7.21. The van der Waals surface area contributed by atoms with E-state index in [4.69, 9.17) is 17.0 Å². The maximum absolute atomic E-state index is 12.7. The zero-order chi connectivity index (χ0) is 24.9. The first-order chi connectivity index (χ1) is 16.9. The number of amides is 1. The molecule has 0 atom stereocenters. The van der Waals surface area contributed by atoms with Gasteiger partial charge in [0.25, 0.3) is 11.6 Å². The van der Waals surface area contributed by atoms with Gasteiger partial charge in [0, 0.05) is 37.8 Å². The number of rotatable bonds is 5. The molecule has 1 heterocycles. The van der Waals surface area contributed by atoms with E-state index in [1.807, 2.05) is 46.2 Å². The van der Waals surface area contributed by atoms with Gasteiger partial charge in [0.1, 0.15) is 5.69 Å². The van der Waals surface area contributed by atoms with E-state index >= 15 is 0 Å². The minimum absolute atomic E-state index is 0.138. The summed E-state index contributed by atoms with van der Waals surface area (Å²) >= 11 is 5.46. The van der Waals surface area contributed by atoms with Gasteiger partial charge in [-0.05, 0) is 54.2 Å². The van der Waals surface area contributed by atoms with Crippen molar-refractivity contribution in [3.05, 3.63) is 81.9 Å². The fourth-order valence-corrected chi connectivity index (χ4v) is 4.28. The smallest absolute Gasteiger partial charge is 0.338 e. The number of esters is 1. The Balaban J connectivity index is 1.39. The normalized spacial score (nSPS) is 13.4. The topological polar surface area (TPSA) is 105 Å². The molecular formula is C25H24N4O5S. The third kappa shape index (κ3) is 5.38. The van der Waals surface area contributed by atoms with Crippen molar-refractivity contribution < 1.29 is 19.2 Å². The average Bonchev–Trinajstić information content (AvgIpc) is 2.88. The molecule has 1 amide bonds. The number of nitro benzene ring substituents is 1. The molecule has 35 heavy (non-hydrogen) atoms. The van der Waals surface area contributed by atoms with Crippen LogP contribution in [0.25, 0.3) is 10.8 Å². The highest BCUT2D eigenvalue weighted by molar-refractivity contribution is 7.80. The summed E-state index contributed by atoms with van der Waals surface area (Å²) in [5, 5.41) is 16.8. The third-order valence-electron chi connectivity index (χ3n) is 5.82. The molecule has 0 saturated carbocycles. The highest BCUT2D eigenvalue weighted by Gasteiger charge is 2.26. The molecule has 1 saturated heterocycles. The molecular weight excluding hydrogens is 468 g/mol. The first kappa shape index (κ1) is 24.1. The lowest BCUT2D eigenvalue weighted by Crippen LogP contribution is -2.52. The van der Waals surface area contributed by atoms with E-state index in [1.165, 1.54) is 12.1 Å². The number of benzene rings is 3. The van der Waals surface area contributed by atoms with Crippen LogP contribution in [0, 0.1) is 10.1 Å². The minimum atomic E-state index is -0.598. The number of nitro groups is 1. The Morgan fingerprint density at radius 2 is 1.69 bits per heavy atom. The molecule has 4 rings (SSSR count). The Morgan fingerprint density at radius 3 is 2.37 bits per heavy atom. The number of hydrogen-bond acceptors (Lipinski definition) is 7. The Hall–Kier alpha value is -4.05. The zero-order valence-electron chi connectivity index (χ0n) is 19.1. The number of fused-ring (bicyclic) bond motifs is 1. The number of carbonyl (C=O) groups excluding carboxylic acids is 2. The largest absolute Gasteiger partial charge is 0.462 e. The van der Waals surface area contributed by atoms with Crippen LogP contribution in [0.2, 0.25) is 0 Å². The summed E-state index contributed by atoms with van der Waals surface area (Å²) in [4.78, 5) is 39.6. The molecule has 0 spiro atoms. The number of ether oxygens (including phenoxy) is 1. The molecule has 10 heteroatoms. The lowest BCUT2D eigenvalue weighted by Gasteiger charge is -2.37. The number of piperazine rings is 1. The van der Waals surface area contributed by atoms with Crippen LogP contribution < -0.4 is 10.2 Å². The predicted octanol–water partition coefficient (Wildman–Crippen LogP) is 3.76. The number of anilines is 1. The van der Waals surface area contributed by atoms with Gasteiger partial charge in [0.2, 0.25) is 0 Å². The summed E-state index contributed by atoms with van der Waals surface area (Å²) in [6, 6.07) is 17.6. The Bertz CT molecular complexity index is 1300. The van der Waals surface area contributed by atoms with Crippen LogP contribution in [0.4, 0.5) is 11.4 Å². The van der Waals surface area contributed by atoms with Crippen molar-refractivity contribution in [2.24, 2.45) is 0 Å². The van der Waals surface area contributed by atoms with Crippen molar-refractivity contribution >= 4 is 51.4 Å². The molecule has 1 aliphatic rings. The molecule has 0 aromatic heterocycles. The van der Waals surface area contributed by atoms with Crippen LogP contribution in [0.1, 0.15) is 27.6 Å². The van der Waals surface area contributed by atoms with E-state index in [-0.39, 0.29) is 23.8 Å². The standard InChI is InChI=1S/C25H24N4O5S/c1-2-34-24(31)20-9-10-21(22(16-20)29(32)33)27-11-13-28(14-12-27)25(35)26-23(30)19-8-7-17-5-3-4-6-18(17)15-19/h3-10,15-16H,2,11-14H2,1H3,(H,26,30,35). The van der Waals surface area contributed by atoms with Gasteiger partial charge in [-0.2, -0.15) is 0 Å². The molecule has 0 radical (unpaired) electrons. The number of nitrogens with zero attached hydrogens (tertiary/aromatic N) is 3. The fourth-order valence-electron chi connectivity index (χ4n) is 4.01. The van der Waals surface area contributed by atoms with Crippen LogP contribution >= 0.6 is 12.2 Å². The van der Waals surface area contributed by atoms with Crippen LogP contribution in [0.15, 0.2) is 60.7 Å². The number of carbonyl (C=O) groups is 2. The first-order valence-corrected chi connectivity index (χ1v) is 11.6. The maximum atomic E-state index is 12.7. The highest BCUT2D eigenvalue weighted by atomic mass is 32.1. The zero-order valence-corrected chi connectivity index (χ0v) is 19.9. The van der Waals surface area contributed by atoms with Gasteiger partial charge in [0.05, 0.1) is 17.1 Å². The Labute approximate surface area is 207 Å². The molecule has 9 nitrogen and oxygen atoms in total. The van der Waals surface area contributed by atoms with Crippen molar-refractivity contribution in [3.8, 4) is 0 Å². The van der Waals surface area contributed by atoms with E-state index < -0.39 is 10.9 Å². The monoisotopic (exact) mass is 492 g/mol. The van der Waals surface area contributed by atoms with Crippen molar-refractivity contribution in [2.45, 2.75) is 6.92 Å². The minimum Gasteiger partial charge on any atom is -0.462 e. The summed E-state index contributed by atoms with van der Waals surface area (Å²) in [5.41, 5.74) is 0.922. The van der Waals surface area contributed by atoms with Crippen LogP contribution in [-0.2, 0) is 4.74 Å². The third-order valence-corrected chi connectivity index (χ3v) is 6.18. The highest BCUT2D eigenvalue weighted by Crippen LogP contribution is 2.30. The van der Waals surface area contributed by atoms with Crippen molar-refractivity contribution in [2.75, 3.05) is 37.7 Å². The lowest BCUT2D eigenvalue weighted by atomic mass is 10.1. The summed E-state index contributed by atoms with van der Waals surface area (Å²) < 4.78 is 4.94. The van der Waals surface area contributed by atoms with Gasteiger partial charge in [-0.1, -0.05) is 30.3 Å². The summed E-state index contributed by atoms with van der Waals surface area (Å²) in [7, 11) is 0. The molecule has 0 aliphatic carbocycles. The van der Waals surface area contributed by atoms with E-state index in [0.29, 0.717) is 42.5 Å². The second-order valence-electron chi connectivity index (χ2n) is 7.98. The number of hydrogen-bond donors (Lipinski definition) is 1. The molecule has 3 aromatic carbocycles. The molecule has 1 N–H and O–H groups in total. The number of nitrogens with one attached hydrogen (secondary N) is 1. The van der Waals surface area contributed by atoms with Crippen molar-refractivity contribution in [1.29, 1.82) is 0 Å². The second-order valence-corrected chi connectivity index (χ2v) is 8.36. The SMILES string of the molecule is CCOC(=O)c1ccc(N2CCN(C(=S)NC(=O)c3ccc4ccccc4c3)CC2)c([N+](=O)[O-])c1. The van der Waals surface area contributed by atoms with Gasteiger partial charge in [-0.25, -0.2) is 4.79 Å². The summed E-state index contributed by atoms with van der Waals surface area (Å²) in [6.45, 7) is 3.75. The molecule has 1 aliphatic heterocycles. The molecule has 1 fully saturated rings. The maximum Gasteiger partial charge on any atom is 0.338 e. The first-order valence-electron chi connectivity index (χ1n) is 11.2. The van der Waals surface area contributed by atoms with Crippen LogP contribution in [-0.4, -0.2) is 59.6 Å². The molecule has 0 bridgehead atoms. The van der Waals surface area contributed by atoms with Gasteiger partial charge in [-0.3, -0.25) is 20.2 Å². The molecule has 3 aromatic rings. The number of thiocarbonyl (C=S) groups is 1. The van der Waals surface area contributed by atoms with Gasteiger partial charge >= 0.3 is 5.97 Å². The quantitative estimate of drug-likeness (QED) is 0.248. The summed E-state index contributed by atoms with van der Waals surface area (Å²) in [5.74, 6) is -0.882.